The third-order valence-corrected chi connectivity index (χ3v) is 6.75. The molecule has 1 aliphatic rings. The van der Waals surface area contributed by atoms with Crippen LogP contribution >= 0.6 is 22.9 Å². The molecule has 33 heavy (non-hydrogen) atoms. The Hall–Kier alpha value is -3.14. The number of hydrogen-bond acceptors (Lipinski definition) is 6. The summed E-state index contributed by atoms with van der Waals surface area (Å²) in [5, 5.41) is 5.72. The molecular formula is C23H19ClFN5O2S. The maximum Gasteiger partial charge on any atom is 0.275 e. The van der Waals surface area contributed by atoms with E-state index < -0.39 is 5.82 Å². The third-order valence-electron chi connectivity index (χ3n) is 5.54. The number of nitrogens with zero attached hydrogens (tertiary/aromatic N) is 5. The van der Waals surface area contributed by atoms with Crippen LogP contribution in [0.5, 0.6) is 0 Å². The highest BCUT2D eigenvalue weighted by atomic mass is 35.5. The highest BCUT2D eigenvalue weighted by Gasteiger charge is 2.24. The van der Waals surface area contributed by atoms with Crippen LogP contribution in [-0.2, 0) is 6.54 Å². The molecule has 0 saturated carbocycles. The fourth-order valence-corrected chi connectivity index (χ4v) is 4.85. The second kappa shape index (κ2) is 9.01. The van der Waals surface area contributed by atoms with E-state index in [9.17, 15) is 14.0 Å². The van der Waals surface area contributed by atoms with E-state index in [4.69, 9.17) is 11.6 Å². The van der Waals surface area contributed by atoms with Crippen molar-refractivity contribution in [2.75, 3.05) is 26.2 Å². The largest absolute Gasteiger partial charge is 0.336 e. The summed E-state index contributed by atoms with van der Waals surface area (Å²) >= 11 is 7.29. The Labute approximate surface area is 197 Å². The lowest BCUT2D eigenvalue weighted by atomic mass is 10.1. The van der Waals surface area contributed by atoms with Crippen LogP contribution in [0.1, 0.15) is 16.1 Å². The van der Waals surface area contributed by atoms with Crippen LogP contribution in [0.15, 0.2) is 59.4 Å². The number of piperazine rings is 1. The second-order valence-corrected chi connectivity index (χ2v) is 9.13. The highest BCUT2D eigenvalue weighted by Crippen LogP contribution is 2.25. The Morgan fingerprint density at radius 2 is 1.79 bits per heavy atom. The zero-order chi connectivity index (χ0) is 22.9. The van der Waals surface area contributed by atoms with Gasteiger partial charge >= 0.3 is 0 Å². The van der Waals surface area contributed by atoms with Gasteiger partial charge in [0.1, 0.15) is 10.8 Å². The minimum atomic E-state index is -0.509. The van der Waals surface area contributed by atoms with Crippen LogP contribution < -0.4 is 5.56 Å². The van der Waals surface area contributed by atoms with Crippen LogP contribution in [0.2, 0.25) is 5.02 Å². The van der Waals surface area contributed by atoms with E-state index in [1.165, 1.54) is 34.1 Å². The molecule has 1 amide bonds. The minimum Gasteiger partial charge on any atom is -0.336 e. The number of carbonyl (C=O) groups is 1. The summed E-state index contributed by atoms with van der Waals surface area (Å²) in [5.74, 6) is -0.810. The van der Waals surface area contributed by atoms with E-state index in [-0.39, 0.29) is 17.0 Å². The zero-order valence-electron chi connectivity index (χ0n) is 17.4. The molecule has 7 nitrogen and oxygen atoms in total. The topological polar surface area (TPSA) is 70.8 Å². The molecule has 0 radical (unpaired) electrons. The van der Waals surface area contributed by atoms with Gasteiger partial charge in [0.25, 0.3) is 11.5 Å². The standard InChI is InChI=1S/C23H19ClFN5O2S/c24-16-7-5-15(6-8-16)21-27-30-20(31)13-17(26-23(30)33-21)14-28-9-11-29(12-10-28)22(32)18-3-1-2-4-19(18)25/h1-8,13H,9-12,14H2. The Morgan fingerprint density at radius 1 is 1.06 bits per heavy atom. The Morgan fingerprint density at radius 3 is 2.52 bits per heavy atom. The van der Waals surface area contributed by atoms with Crippen molar-refractivity contribution in [1.82, 2.24) is 24.4 Å². The summed E-state index contributed by atoms with van der Waals surface area (Å²) in [6, 6.07) is 14.8. The first-order valence-electron chi connectivity index (χ1n) is 10.4. The molecule has 4 aromatic rings. The molecule has 0 unspecified atom stereocenters. The molecule has 5 rings (SSSR count). The fraction of sp³-hybridized carbons (Fsp3) is 0.217. The summed E-state index contributed by atoms with van der Waals surface area (Å²) < 4.78 is 15.3. The van der Waals surface area contributed by atoms with Gasteiger partial charge in [0.05, 0.1) is 11.3 Å². The molecule has 3 heterocycles. The average molecular weight is 484 g/mol. The van der Waals surface area contributed by atoms with Gasteiger partial charge in [-0.25, -0.2) is 9.37 Å². The Kier molecular flexibility index (Phi) is 5.92. The normalized spacial score (nSPS) is 14.7. The summed E-state index contributed by atoms with van der Waals surface area (Å²) in [6.07, 6.45) is 0. The van der Waals surface area contributed by atoms with Gasteiger partial charge in [-0.2, -0.15) is 9.61 Å². The summed E-state index contributed by atoms with van der Waals surface area (Å²) in [4.78, 5) is 34.2. The van der Waals surface area contributed by atoms with Crippen molar-refractivity contribution in [1.29, 1.82) is 0 Å². The quantitative estimate of drug-likeness (QED) is 0.444. The molecule has 2 aromatic carbocycles. The van der Waals surface area contributed by atoms with Gasteiger partial charge in [-0.05, 0) is 24.3 Å². The number of aromatic nitrogens is 3. The molecule has 168 valence electrons. The lowest BCUT2D eigenvalue weighted by molar-refractivity contribution is 0.0622. The summed E-state index contributed by atoms with van der Waals surface area (Å²) in [7, 11) is 0. The molecule has 10 heteroatoms. The van der Waals surface area contributed by atoms with Crippen molar-refractivity contribution in [2.45, 2.75) is 6.54 Å². The van der Waals surface area contributed by atoms with Crippen molar-refractivity contribution in [2.24, 2.45) is 0 Å². The summed E-state index contributed by atoms with van der Waals surface area (Å²) in [6.45, 7) is 2.67. The van der Waals surface area contributed by atoms with E-state index >= 15 is 0 Å². The van der Waals surface area contributed by atoms with E-state index in [1.54, 1.807) is 29.2 Å². The molecule has 0 bridgehead atoms. The Bertz CT molecular complexity index is 1380. The van der Waals surface area contributed by atoms with Crippen LogP contribution in [0.4, 0.5) is 4.39 Å². The second-order valence-electron chi connectivity index (χ2n) is 7.74. The molecule has 0 atom stereocenters. The van der Waals surface area contributed by atoms with Crippen LogP contribution in [0.25, 0.3) is 15.5 Å². The maximum atomic E-state index is 13.9. The number of halogens is 2. The van der Waals surface area contributed by atoms with Gasteiger partial charge in [-0.15, -0.1) is 0 Å². The molecule has 0 spiro atoms. The number of benzene rings is 2. The first-order valence-corrected chi connectivity index (χ1v) is 11.6. The number of amides is 1. The van der Waals surface area contributed by atoms with Crippen molar-refractivity contribution in [3.8, 4) is 10.6 Å². The molecule has 2 aromatic heterocycles. The molecule has 1 saturated heterocycles. The monoisotopic (exact) mass is 483 g/mol. The maximum absolute atomic E-state index is 13.9. The van der Waals surface area contributed by atoms with Crippen LogP contribution in [-0.4, -0.2) is 56.5 Å². The minimum absolute atomic E-state index is 0.0905. The smallest absolute Gasteiger partial charge is 0.275 e. The first kappa shape index (κ1) is 21.7. The molecule has 1 aliphatic heterocycles. The lowest BCUT2D eigenvalue weighted by Crippen LogP contribution is -2.48. The molecular weight excluding hydrogens is 465 g/mol. The van der Waals surface area contributed by atoms with Crippen LogP contribution in [0, 0.1) is 5.82 Å². The van der Waals surface area contributed by atoms with Gasteiger partial charge in [0.15, 0.2) is 0 Å². The molecule has 0 N–H and O–H groups in total. The predicted octanol–water partition coefficient (Wildman–Crippen LogP) is 3.57. The third kappa shape index (κ3) is 4.52. The van der Waals surface area contributed by atoms with E-state index in [0.29, 0.717) is 53.4 Å². The van der Waals surface area contributed by atoms with Gasteiger partial charge in [0.2, 0.25) is 4.96 Å². The van der Waals surface area contributed by atoms with Crippen molar-refractivity contribution in [3.05, 3.63) is 87.0 Å². The predicted molar refractivity (Wildman–Crippen MR) is 125 cm³/mol. The SMILES string of the molecule is O=C(c1ccccc1F)N1CCN(Cc2cc(=O)n3nc(-c4ccc(Cl)cc4)sc3n2)CC1. The number of carbonyl (C=O) groups excluding carboxylic acids is 1. The fourth-order valence-electron chi connectivity index (χ4n) is 3.79. The van der Waals surface area contributed by atoms with E-state index in [0.717, 1.165) is 5.56 Å². The number of rotatable bonds is 4. The molecule has 0 aliphatic carbocycles. The van der Waals surface area contributed by atoms with Crippen molar-refractivity contribution < 1.29 is 9.18 Å². The number of hydrogen-bond donors (Lipinski definition) is 0. The van der Waals surface area contributed by atoms with E-state index in [1.807, 2.05) is 12.1 Å². The zero-order valence-corrected chi connectivity index (χ0v) is 19.0. The number of fused-ring (bicyclic) bond motifs is 1. The Balaban J connectivity index is 1.28. The van der Waals surface area contributed by atoms with Gasteiger partial charge in [-0.1, -0.05) is 47.2 Å². The molecule has 1 fully saturated rings. The van der Waals surface area contributed by atoms with E-state index in [2.05, 4.69) is 15.0 Å². The van der Waals surface area contributed by atoms with Gasteiger partial charge < -0.3 is 4.90 Å². The van der Waals surface area contributed by atoms with Gasteiger partial charge in [0, 0.05) is 49.4 Å². The highest BCUT2D eigenvalue weighted by molar-refractivity contribution is 7.19. The van der Waals surface area contributed by atoms with Crippen molar-refractivity contribution >= 4 is 33.8 Å². The lowest BCUT2D eigenvalue weighted by Gasteiger charge is -2.34. The van der Waals surface area contributed by atoms with Gasteiger partial charge in [-0.3, -0.25) is 14.5 Å². The van der Waals surface area contributed by atoms with Crippen molar-refractivity contribution in [3.63, 3.8) is 0 Å². The van der Waals surface area contributed by atoms with Crippen LogP contribution in [0.3, 0.4) is 0 Å². The first-order chi connectivity index (χ1) is 16.0. The summed E-state index contributed by atoms with van der Waals surface area (Å²) in [5.41, 5.74) is 1.37. The average Bonchev–Trinajstić information content (AvgIpc) is 3.25.